The van der Waals surface area contributed by atoms with Crippen LogP contribution in [0.5, 0.6) is 0 Å². The van der Waals surface area contributed by atoms with E-state index in [0.717, 1.165) is 74.8 Å². The summed E-state index contributed by atoms with van der Waals surface area (Å²) in [6, 6.07) is 0.320. The second-order valence-electron chi connectivity index (χ2n) is 18.3. The summed E-state index contributed by atoms with van der Waals surface area (Å²) in [5, 5.41) is 0. The number of unbranched alkanes of at least 4 members (excludes halogenated alkanes) is 5. The van der Waals surface area contributed by atoms with E-state index in [9.17, 15) is 0 Å². The van der Waals surface area contributed by atoms with Gasteiger partial charge in [0.05, 0.1) is 32.0 Å². The molecule has 3 saturated carbocycles. The maximum atomic E-state index is 6.56. The maximum Gasteiger partial charge on any atom is 0.0648 e. The van der Waals surface area contributed by atoms with Crippen LogP contribution in [0.25, 0.3) is 0 Å². The molecule has 0 aromatic rings. The van der Waals surface area contributed by atoms with Gasteiger partial charge in [-0.1, -0.05) is 110 Å². The van der Waals surface area contributed by atoms with Crippen LogP contribution in [0.15, 0.2) is 23.8 Å². The van der Waals surface area contributed by atoms with Gasteiger partial charge >= 0.3 is 0 Å². The zero-order chi connectivity index (χ0) is 35.3. The average Bonchev–Trinajstić information content (AvgIpc) is 3.43. The van der Waals surface area contributed by atoms with Gasteiger partial charge in [-0.3, -0.25) is 0 Å². The van der Waals surface area contributed by atoms with E-state index in [0.29, 0.717) is 29.6 Å². The quantitative estimate of drug-likeness (QED) is 0.0792. The van der Waals surface area contributed by atoms with Crippen molar-refractivity contribution < 1.29 is 14.2 Å². The lowest BCUT2D eigenvalue weighted by atomic mass is 9.47. The third-order valence-corrected chi connectivity index (χ3v) is 14.3. The lowest BCUT2D eigenvalue weighted by Crippen LogP contribution is -2.51. The van der Waals surface area contributed by atoms with Gasteiger partial charge in [0.15, 0.2) is 0 Å². The van der Waals surface area contributed by atoms with Crippen molar-refractivity contribution in [2.45, 2.75) is 169 Å². The fraction of sp³-hybridized carbons (Fsp3) is 0.911. The van der Waals surface area contributed by atoms with Gasteiger partial charge in [-0.05, 0) is 131 Å². The Morgan fingerprint density at radius 3 is 2.29 bits per heavy atom. The highest BCUT2D eigenvalue weighted by Crippen LogP contribution is 2.67. The van der Waals surface area contributed by atoms with Crippen molar-refractivity contribution in [2.75, 3.05) is 47.1 Å². The van der Waals surface area contributed by atoms with E-state index < -0.39 is 0 Å². The van der Waals surface area contributed by atoms with E-state index in [2.05, 4.69) is 78.8 Å². The lowest BCUT2D eigenvalue weighted by Gasteiger charge is -2.58. The largest absolute Gasteiger partial charge is 0.380 e. The summed E-state index contributed by atoms with van der Waals surface area (Å²) in [6.45, 7) is 18.9. The number of allylic oxidation sites excluding steroid dienone is 2. The summed E-state index contributed by atoms with van der Waals surface area (Å²) in [6.07, 6.45) is 31.5. The van der Waals surface area contributed by atoms with Crippen LogP contribution in [0.4, 0.5) is 0 Å². The van der Waals surface area contributed by atoms with E-state index in [-0.39, 0.29) is 0 Å². The Hall–Kier alpha value is -0.680. The summed E-state index contributed by atoms with van der Waals surface area (Å²) in [5.74, 6) is 5.50. The molecule has 0 N–H and O–H groups in total. The Morgan fingerprint density at radius 2 is 1.55 bits per heavy atom. The molecule has 4 heteroatoms. The van der Waals surface area contributed by atoms with E-state index in [1.54, 1.807) is 5.57 Å². The van der Waals surface area contributed by atoms with Crippen LogP contribution < -0.4 is 0 Å². The van der Waals surface area contributed by atoms with Gasteiger partial charge in [-0.2, -0.15) is 0 Å². The molecule has 284 valence electrons. The zero-order valence-electron chi connectivity index (χ0n) is 33.8. The Bertz CT molecular complexity index is 990. The van der Waals surface area contributed by atoms with Crippen LogP contribution in [0.2, 0.25) is 0 Å². The normalized spacial score (nSPS) is 32.7. The minimum Gasteiger partial charge on any atom is -0.380 e. The Labute approximate surface area is 304 Å². The molecule has 49 heavy (non-hydrogen) atoms. The van der Waals surface area contributed by atoms with Gasteiger partial charge in [0.1, 0.15) is 0 Å². The van der Waals surface area contributed by atoms with Crippen LogP contribution in [-0.4, -0.2) is 64.2 Å². The highest BCUT2D eigenvalue weighted by Gasteiger charge is 2.59. The summed E-state index contributed by atoms with van der Waals surface area (Å²) in [5.41, 5.74) is 2.80. The molecule has 4 rings (SSSR count). The van der Waals surface area contributed by atoms with Crippen LogP contribution in [0.3, 0.4) is 0 Å². The highest BCUT2D eigenvalue weighted by atomic mass is 16.5. The van der Waals surface area contributed by atoms with Crippen molar-refractivity contribution in [1.29, 1.82) is 0 Å². The molecular weight excluding hydrogens is 602 g/mol. The first kappa shape index (κ1) is 41.1. The molecule has 0 heterocycles. The smallest absolute Gasteiger partial charge is 0.0648 e. The van der Waals surface area contributed by atoms with Gasteiger partial charge in [0.2, 0.25) is 0 Å². The second kappa shape index (κ2) is 20.5. The topological polar surface area (TPSA) is 30.9 Å². The summed E-state index contributed by atoms with van der Waals surface area (Å²) < 4.78 is 18.4. The standard InChI is InChI=1S/C45H81NO3/c1-9-10-15-29-47-33-38(46(7)8)34-48-30-16-13-11-12-14-17-31-49-39-25-27-44(5)37(32-39)21-22-40-42-24-23-41(36(4)20-18-19-35(2)3)45(42,6)28-26-43(40)44/h10,15,21,35-36,38-43H,9,11-14,16-20,22-34H2,1-8H3/b15-10-/t36-,38-,39+,40?,41-,42?,43?,44+,45-/m1/s1. The molecule has 0 aliphatic heterocycles. The zero-order valence-corrected chi connectivity index (χ0v) is 33.8. The molecule has 0 radical (unpaired) electrons. The number of fused-ring (bicyclic) bond motifs is 5. The average molecular weight is 684 g/mol. The van der Waals surface area contributed by atoms with Crippen LogP contribution in [-0.2, 0) is 14.2 Å². The number of nitrogens with zero attached hydrogens (tertiary/aromatic N) is 1. The van der Waals surface area contributed by atoms with E-state index in [4.69, 9.17) is 14.2 Å². The first-order chi connectivity index (χ1) is 23.6. The second-order valence-corrected chi connectivity index (χ2v) is 18.3. The SMILES string of the molecule is CC/C=C\COC[C@H](COCCCCCCCCO[C@H]1CC[C@@]2(C)C(=CCC3C2CC[C@@]2(C)C3CC[C@@H]2[C@H](C)CCCC(C)C)C1)N(C)C. The minimum absolute atomic E-state index is 0.320. The molecular formula is C45H81NO3. The molecule has 0 aromatic carbocycles. The third kappa shape index (κ3) is 11.4. The van der Waals surface area contributed by atoms with E-state index in [1.165, 1.54) is 103 Å². The molecule has 4 aliphatic carbocycles. The number of hydrogen-bond donors (Lipinski definition) is 0. The van der Waals surface area contributed by atoms with Crippen molar-refractivity contribution in [3.8, 4) is 0 Å². The maximum absolute atomic E-state index is 6.56. The number of ether oxygens (including phenoxy) is 3. The third-order valence-electron chi connectivity index (χ3n) is 14.3. The predicted octanol–water partition coefficient (Wildman–Crippen LogP) is 11.7. The van der Waals surface area contributed by atoms with Gasteiger partial charge in [0.25, 0.3) is 0 Å². The van der Waals surface area contributed by atoms with Crippen LogP contribution in [0, 0.1) is 46.3 Å². The highest BCUT2D eigenvalue weighted by molar-refractivity contribution is 5.25. The minimum atomic E-state index is 0.320. The Morgan fingerprint density at radius 1 is 0.816 bits per heavy atom. The van der Waals surface area contributed by atoms with Crippen LogP contribution >= 0.6 is 0 Å². The van der Waals surface area contributed by atoms with Crippen molar-refractivity contribution in [3.05, 3.63) is 23.8 Å². The molecule has 0 aromatic heterocycles. The van der Waals surface area contributed by atoms with Gasteiger partial charge in [-0.15, -0.1) is 0 Å². The van der Waals surface area contributed by atoms with Crippen molar-refractivity contribution in [1.82, 2.24) is 4.90 Å². The first-order valence-electron chi connectivity index (χ1n) is 21.4. The monoisotopic (exact) mass is 684 g/mol. The van der Waals surface area contributed by atoms with E-state index in [1.807, 2.05) is 0 Å². The summed E-state index contributed by atoms with van der Waals surface area (Å²) >= 11 is 0. The van der Waals surface area contributed by atoms with Gasteiger partial charge in [0, 0.05) is 13.2 Å². The van der Waals surface area contributed by atoms with E-state index >= 15 is 0 Å². The summed E-state index contributed by atoms with van der Waals surface area (Å²) in [7, 11) is 4.23. The van der Waals surface area contributed by atoms with Crippen LogP contribution in [0.1, 0.15) is 157 Å². The van der Waals surface area contributed by atoms with Crippen molar-refractivity contribution in [2.24, 2.45) is 46.3 Å². The van der Waals surface area contributed by atoms with Crippen molar-refractivity contribution in [3.63, 3.8) is 0 Å². The molecule has 4 aliphatic rings. The number of likely N-dealkylation sites (N-methyl/N-ethyl adjacent to an activating group) is 1. The lowest BCUT2D eigenvalue weighted by molar-refractivity contribution is -0.0641. The fourth-order valence-corrected chi connectivity index (χ4v) is 11.1. The molecule has 4 nitrogen and oxygen atoms in total. The Balaban J connectivity index is 1.08. The predicted molar refractivity (Wildman–Crippen MR) is 209 cm³/mol. The van der Waals surface area contributed by atoms with Crippen molar-refractivity contribution >= 4 is 0 Å². The molecule has 3 unspecified atom stereocenters. The molecule has 0 saturated heterocycles. The van der Waals surface area contributed by atoms with Gasteiger partial charge in [-0.25, -0.2) is 0 Å². The number of rotatable bonds is 23. The molecule has 0 spiro atoms. The molecule has 0 amide bonds. The fourth-order valence-electron chi connectivity index (χ4n) is 11.1. The number of hydrogen-bond acceptors (Lipinski definition) is 4. The summed E-state index contributed by atoms with van der Waals surface area (Å²) in [4.78, 5) is 2.21. The molecule has 3 fully saturated rings. The first-order valence-corrected chi connectivity index (χ1v) is 21.4. The van der Waals surface area contributed by atoms with Gasteiger partial charge < -0.3 is 19.1 Å². The Kier molecular flexibility index (Phi) is 17.2. The molecule has 0 bridgehead atoms. The molecule has 9 atom stereocenters.